The first-order valence-corrected chi connectivity index (χ1v) is 3.28. The molecular formula is C6H14ClNO2. The van der Waals surface area contributed by atoms with Crippen LogP contribution >= 0.6 is 12.4 Å². The predicted octanol–water partition coefficient (Wildman–Crippen LogP) is -0.631. The normalized spacial score (nSPS) is 40.5. The molecule has 0 spiro atoms. The Bertz CT molecular complexity index is 91.7. The average molecular weight is 168 g/mol. The van der Waals surface area contributed by atoms with E-state index in [1.807, 2.05) is 6.92 Å². The van der Waals surface area contributed by atoms with Gasteiger partial charge in [0.1, 0.15) is 0 Å². The molecule has 1 heterocycles. The van der Waals surface area contributed by atoms with E-state index in [0.717, 1.165) is 6.54 Å². The Morgan fingerprint density at radius 1 is 1.30 bits per heavy atom. The zero-order valence-electron chi connectivity index (χ0n) is 5.95. The maximum atomic E-state index is 9.16. The van der Waals surface area contributed by atoms with Crippen LogP contribution in [0.5, 0.6) is 0 Å². The molecule has 0 aromatic rings. The lowest BCUT2D eigenvalue weighted by Gasteiger charge is -2.29. The molecule has 4 heteroatoms. The summed E-state index contributed by atoms with van der Waals surface area (Å²) in [4.78, 5) is 0. The smallest absolute Gasteiger partial charge is 0.0926 e. The molecule has 10 heavy (non-hydrogen) atoms. The summed E-state index contributed by atoms with van der Waals surface area (Å²) in [5.74, 6) is 0.175. The lowest BCUT2D eigenvalue weighted by Crippen LogP contribution is -2.49. The first-order valence-electron chi connectivity index (χ1n) is 3.28. The van der Waals surface area contributed by atoms with Crippen LogP contribution in [0.25, 0.3) is 0 Å². The van der Waals surface area contributed by atoms with Gasteiger partial charge in [0, 0.05) is 13.1 Å². The van der Waals surface area contributed by atoms with E-state index in [-0.39, 0.29) is 18.3 Å². The van der Waals surface area contributed by atoms with Gasteiger partial charge in [-0.25, -0.2) is 0 Å². The van der Waals surface area contributed by atoms with Crippen LogP contribution in [-0.2, 0) is 0 Å². The molecule has 1 rings (SSSR count). The number of aliphatic hydroxyl groups is 2. The molecule has 0 unspecified atom stereocenters. The molecular weight excluding hydrogens is 154 g/mol. The summed E-state index contributed by atoms with van der Waals surface area (Å²) < 4.78 is 0. The molecule has 0 aromatic carbocycles. The van der Waals surface area contributed by atoms with Crippen molar-refractivity contribution in [3.05, 3.63) is 0 Å². The van der Waals surface area contributed by atoms with E-state index in [1.165, 1.54) is 0 Å². The first kappa shape index (κ1) is 10.2. The summed E-state index contributed by atoms with van der Waals surface area (Å²) >= 11 is 0. The van der Waals surface area contributed by atoms with Gasteiger partial charge in [-0.15, -0.1) is 12.4 Å². The minimum absolute atomic E-state index is 0. The quantitative estimate of drug-likeness (QED) is 0.451. The number of rotatable bonds is 0. The summed E-state index contributed by atoms with van der Waals surface area (Å²) in [7, 11) is 0. The molecule has 0 bridgehead atoms. The number of nitrogens with one attached hydrogen (secondary N) is 1. The molecule has 0 amide bonds. The van der Waals surface area contributed by atoms with E-state index in [1.54, 1.807) is 0 Å². The van der Waals surface area contributed by atoms with E-state index < -0.39 is 12.2 Å². The van der Waals surface area contributed by atoms with Gasteiger partial charge < -0.3 is 15.5 Å². The third kappa shape index (κ3) is 2.09. The maximum absolute atomic E-state index is 9.16. The van der Waals surface area contributed by atoms with Crippen LogP contribution in [0.1, 0.15) is 6.92 Å². The van der Waals surface area contributed by atoms with Crippen LogP contribution in [0, 0.1) is 5.92 Å². The fraction of sp³-hybridized carbons (Fsp3) is 1.00. The lowest BCUT2D eigenvalue weighted by atomic mass is 9.96. The van der Waals surface area contributed by atoms with E-state index in [4.69, 9.17) is 10.2 Å². The van der Waals surface area contributed by atoms with Crippen LogP contribution in [0.4, 0.5) is 0 Å². The summed E-state index contributed by atoms with van der Waals surface area (Å²) in [5, 5.41) is 21.2. The van der Waals surface area contributed by atoms with Gasteiger partial charge in [-0.1, -0.05) is 6.92 Å². The molecule has 0 aliphatic carbocycles. The molecule has 3 N–H and O–H groups in total. The van der Waals surface area contributed by atoms with Crippen molar-refractivity contribution in [1.82, 2.24) is 5.32 Å². The Kier molecular flexibility index (Phi) is 4.20. The second-order valence-electron chi connectivity index (χ2n) is 2.69. The predicted molar refractivity (Wildman–Crippen MR) is 41.3 cm³/mol. The van der Waals surface area contributed by atoms with Gasteiger partial charge in [-0.2, -0.15) is 0 Å². The highest BCUT2D eigenvalue weighted by Crippen LogP contribution is 2.09. The van der Waals surface area contributed by atoms with Crippen LogP contribution in [0.15, 0.2) is 0 Å². The van der Waals surface area contributed by atoms with Crippen molar-refractivity contribution in [2.45, 2.75) is 19.1 Å². The van der Waals surface area contributed by atoms with Crippen molar-refractivity contribution in [3.8, 4) is 0 Å². The minimum Gasteiger partial charge on any atom is -0.390 e. The van der Waals surface area contributed by atoms with Crippen LogP contribution < -0.4 is 5.32 Å². The molecule has 1 aliphatic rings. The zero-order valence-corrected chi connectivity index (χ0v) is 6.77. The molecule has 0 saturated carbocycles. The number of aliphatic hydroxyl groups excluding tert-OH is 2. The SMILES string of the molecule is C[C@H]1CNC[C@H](O)[C@@H]1O.Cl. The van der Waals surface area contributed by atoms with Gasteiger partial charge in [0.2, 0.25) is 0 Å². The van der Waals surface area contributed by atoms with Gasteiger partial charge in [0.05, 0.1) is 12.2 Å². The molecule has 1 aliphatic heterocycles. The Morgan fingerprint density at radius 3 is 2.30 bits per heavy atom. The summed E-state index contributed by atoms with van der Waals surface area (Å²) in [6.07, 6.45) is -1.11. The Hall–Kier alpha value is 0.170. The minimum atomic E-state index is -0.575. The Balaban J connectivity index is 0.000000810. The number of piperidine rings is 1. The maximum Gasteiger partial charge on any atom is 0.0926 e. The van der Waals surface area contributed by atoms with Crippen molar-refractivity contribution in [2.24, 2.45) is 5.92 Å². The number of hydrogen-bond donors (Lipinski definition) is 3. The highest BCUT2D eigenvalue weighted by molar-refractivity contribution is 5.85. The average Bonchev–Trinajstić information content (AvgIpc) is 1.83. The second kappa shape index (κ2) is 4.13. The van der Waals surface area contributed by atoms with Gasteiger partial charge in [0.25, 0.3) is 0 Å². The third-order valence-corrected chi connectivity index (χ3v) is 1.80. The summed E-state index contributed by atoms with van der Waals surface area (Å²) in [5.41, 5.74) is 0. The van der Waals surface area contributed by atoms with Crippen molar-refractivity contribution in [3.63, 3.8) is 0 Å². The van der Waals surface area contributed by atoms with Crippen LogP contribution in [-0.4, -0.2) is 35.5 Å². The number of hydrogen-bond acceptors (Lipinski definition) is 3. The van der Waals surface area contributed by atoms with E-state index in [9.17, 15) is 0 Å². The van der Waals surface area contributed by atoms with Crippen molar-refractivity contribution in [1.29, 1.82) is 0 Å². The fourth-order valence-electron chi connectivity index (χ4n) is 1.08. The van der Waals surface area contributed by atoms with Crippen LogP contribution in [0.2, 0.25) is 0 Å². The second-order valence-corrected chi connectivity index (χ2v) is 2.69. The standard InChI is InChI=1S/C6H13NO2.ClH/c1-4-2-7-3-5(8)6(4)9;/h4-9H,2-3H2,1H3;1H/t4-,5-,6+;/m0./s1. The van der Waals surface area contributed by atoms with Crippen molar-refractivity contribution >= 4 is 12.4 Å². The molecule has 62 valence electrons. The molecule has 1 saturated heterocycles. The highest BCUT2D eigenvalue weighted by atomic mass is 35.5. The summed E-state index contributed by atoms with van der Waals surface area (Å²) in [6, 6.07) is 0. The monoisotopic (exact) mass is 167 g/mol. The van der Waals surface area contributed by atoms with Gasteiger partial charge in [-0.05, 0) is 5.92 Å². The van der Waals surface area contributed by atoms with Gasteiger partial charge in [0.15, 0.2) is 0 Å². The lowest BCUT2D eigenvalue weighted by molar-refractivity contribution is -0.0295. The van der Waals surface area contributed by atoms with Gasteiger partial charge in [-0.3, -0.25) is 0 Å². The summed E-state index contributed by atoms with van der Waals surface area (Å²) in [6.45, 7) is 3.24. The largest absolute Gasteiger partial charge is 0.390 e. The van der Waals surface area contributed by atoms with Gasteiger partial charge >= 0.3 is 0 Å². The van der Waals surface area contributed by atoms with Crippen molar-refractivity contribution in [2.75, 3.05) is 13.1 Å². The molecule has 1 fully saturated rings. The van der Waals surface area contributed by atoms with E-state index in [2.05, 4.69) is 5.32 Å². The molecule has 0 aromatic heterocycles. The van der Waals surface area contributed by atoms with Crippen LogP contribution in [0.3, 0.4) is 0 Å². The van der Waals surface area contributed by atoms with Crippen molar-refractivity contribution < 1.29 is 10.2 Å². The third-order valence-electron chi connectivity index (χ3n) is 1.80. The van der Waals surface area contributed by atoms with E-state index >= 15 is 0 Å². The number of β-amino-alcohol motifs (C(OH)–C–C–N with tert-alkyl or cyclic N) is 1. The highest BCUT2D eigenvalue weighted by Gasteiger charge is 2.26. The Labute approximate surface area is 66.8 Å². The molecule has 3 atom stereocenters. The Morgan fingerprint density at radius 2 is 1.90 bits per heavy atom. The van der Waals surface area contributed by atoms with E-state index in [0.29, 0.717) is 6.54 Å². The topological polar surface area (TPSA) is 52.5 Å². The first-order chi connectivity index (χ1) is 4.22. The molecule has 0 radical (unpaired) electrons. The molecule has 3 nitrogen and oxygen atoms in total. The number of halogens is 1. The zero-order chi connectivity index (χ0) is 6.85. The fourth-order valence-corrected chi connectivity index (χ4v) is 1.08.